The number of halogens is 1. The first kappa shape index (κ1) is 12.6. The first-order valence-corrected chi connectivity index (χ1v) is 5.86. The van der Waals surface area contributed by atoms with E-state index in [2.05, 4.69) is 0 Å². The van der Waals surface area contributed by atoms with Gasteiger partial charge in [-0.15, -0.1) is 0 Å². The molecule has 0 saturated heterocycles. The average molecular weight is 264 g/mol. The molecule has 2 aromatic rings. The van der Waals surface area contributed by atoms with Crippen LogP contribution in [0.1, 0.15) is 5.56 Å². The zero-order chi connectivity index (χ0) is 13.1. The van der Waals surface area contributed by atoms with Gasteiger partial charge < -0.3 is 15.2 Å². The molecule has 4 heteroatoms. The Morgan fingerprint density at radius 1 is 1.11 bits per heavy atom. The largest absolute Gasteiger partial charge is 0.494 e. The van der Waals surface area contributed by atoms with Crippen LogP contribution in [-0.2, 0) is 0 Å². The Kier molecular flexibility index (Phi) is 3.63. The van der Waals surface area contributed by atoms with Crippen LogP contribution < -0.4 is 15.2 Å². The van der Waals surface area contributed by atoms with Crippen LogP contribution in [0.5, 0.6) is 17.2 Å². The number of ether oxygens (including phenoxy) is 2. The van der Waals surface area contributed by atoms with Crippen LogP contribution in [0.25, 0.3) is 0 Å². The quantitative estimate of drug-likeness (QED) is 0.851. The van der Waals surface area contributed by atoms with Crippen molar-refractivity contribution >= 4 is 17.3 Å². The maximum atomic E-state index is 5.96. The second kappa shape index (κ2) is 5.19. The summed E-state index contributed by atoms with van der Waals surface area (Å²) < 4.78 is 10.9. The molecule has 0 unspecified atom stereocenters. The number of hydrogen-bond acceptors (Lipinski definition) is 3. The van der Waals surface area contributed by atoms with Crippen LogP contribution in [0.15, 0.2) is 36.4 Å². The van der Waals surface area contributed by atoms with Gasteiger partial charge in [-0.25, -0.2) is 0 Å². The number of nitrogen functional groups attached to an aromatic ring is 1. The van der Waals surface area contributed by atoms with Crippen LogP contribution in [-0.4, -0.2) is 7.11 Å². The highest BCUT2D eigenvalue weighted by molar-refractivity contribution is 6.31. The van der Waals surface area contributed by atoms with E-state index in [0.29, 0.717) is 28.0 Å². The van der Waals surface area contributed by atoms with Gasteiger partial charge >= 0.3 is 0 Å². The number of benzene rings is 2. The molecule has 0 saturated carbocycles. The van der Waals surface area contributed by atoms with Gasteiger partial charge in [-0.1, -0.05) is 17.7 Å². The molecule has 0 aliphatic heterocycles. The van der Waals surface area contributed by atoms with E-state index in [0.717, 1.165) is 5.56 Å². The van der Waals surface area contributed by atoms with Crippen molar-refractivity contribution in [2.75, 3.05) is 12.8 Å². The van der Waals surface area contributed by atoms with Gasteiger partial charge in [-0.3, -0.25) is 0 Å². The minimum absolute atomic E-state index is 0.479. The Hall–Kier alpha value is -1.87. The van der Waals surface area contributed by atoms with Gasteiger partial charge in [0.2, 0.25) is 0 Å². The zero-order valence-corrected chi connectivity index (χ0v) is 11.0. The van der Waals surface area contributed by atoms with Crippen molar-refractivity contribution < 1.29 is 9.47 Å². The molecule has 2 aromatic carbocycles. The third kappa shape index (κ3) is 2.51. The number of hydrogen-bond donors (Lipinski definition) is 1. The van der Waals surface area contributed by atoms with Crippen molar-refractivity contribution in [3.05, 3.63) is 47.0 Å². The summed E-state index contributed by atoms with van der Waals surface area (Å²) in [6, 6.07) is 10.9. The van der Waals surface area contributed by atoms with E-state index in [4.69, 9.17) is 26.8 Å². The molecule has 2 N–H and O–H groups in total. The SMILES string of the molecule is COc1cccc(Oc2ccc(Cl)c(C)c2)c1N. The molecule has 0 radical (unpaired) electrons. The summed E-state index contributed by atoms with van der Waals surface area (Å²) in [5.74, 6) is 1.85. The summed E-state index contributed by atoms with van der Waals surface area (Å²) in [6.45, 7) is 1.92. The minimum Gasteiger partial charge on any atom is -0.494 e. The van der Waals surface area contributed by atoms with Crippen molar-refractivity contribution in [1.29, 1.82) is 0 Å². The first-order valence-electron chi connectivity index (χ1n) is 5.48. The molecule has 3 nitrogen and oxygen atoms in total. The molecule has 0 aliphatic carbocycles. The standard InChI is InChI=1S/C14H14ClNO2/c1-9-8-10(6-7-11(9)15)18-13-5-3-4-12(17-2)14(13)16/h3-8H,16H2,1-2H3. The molecule has 0 aromatic heterocycles. The van der Waals surface area contributed by atoms with Crippen molar-refractivity contribution in [3.8, 4) is 17.2 Å². The van der Waals surface area contributed by atoms with Gasteiger partial charge in [0.15, 0.2) is 5.75 Å². The second-order valence-electron chi connectivity index (χ2n) is 3.89. The third-order valence-electron chi connectivity index (χ3n) is 2.60. The Bertz CT molecular complexity index is 570. The highest BCUT2D eigenvalue weighted by Gasteiger charge is 2.07. The molecular weight excluding hydrogens is 250 g/mol. The summed E-state index contributed by atoms with van der Waals surface area (Å²) in [6.07, 6.45) is 0. The molecule has 0 bridgehead atoms. The van der Waals surface area contributed by atoms with E-state index in [1.807, 2.05) is 19.1 Å². The molecule has 0 amide bonds. The topological polar surface area (TPSA) is 44.5 Å². The smallest absolute Gasteiger partial charge is 0.154 e. The minimum atomic E-state index is 0.479. The molecule has 18 heavy (non-hydrogen) atoms. The lowest BCUT2D eigenvalue weighted by molar-refractivity contribution is 0.412. The fourth-order valence-electron chi connectivity index (χ4n) is 1.60. The number of aryl methyl sites for hydroxylation is 1. The van der Waals surface area contributed by atoms with Gasteiger partial charge in [-0.05, 0) is 42.8 Å². The van der Waals surface area contributed by atoms with Gasteiger partial charge in [0.05, 0.1) is 7.11 Å². The Balaban J connectivity index is 2.31. The van der Waals surface area contributed by atoms with Crippen LogP contribution in [0.3, 0.4) is 0 Å². The van der Waals surface area contributed by atoms with Crippen LogP contribution in [0, 0.1) is 6.92 Å². The monoisotopic (exact) mass is 263 g/mol. The molecular formula is C14H14ClNO2. The Labute approximate surface area is 111 Å². The number of anilines is 1. The molecule has 2 rings (SSSR count). The number of methoxy groups -OCH3 is 1. The summed E-state index contributed by atoms with van der Waals surface area (Å²) in [4.78, 5) is 0. The summed E-state index contributed by atoms with van der Waals surface area (Å²) in [5.41, 5.74) is 7.37. The lowest BCUT2D eigenvalue weighted by Gasteiger charge is -2.11. The lowest BCUT2D eigenvalue weighted by atomic mass is 10.2. The number of nitrogens with two attached hydrogens (primary N) is 1. The normalized spacial score (nSPS) is 10.2. The van der Waals surface area contributed by atoms with Gasteiger partial charge in [0.25, 0.3) is 0 Å². The molecule has 0 heterocycles. The molecule has 0 aliphatic rings. The first-order chi connectivity index (χ1) is 8.61. The van der Waals surface area contributed by atoms with Crippen molar-refractivity contribution in [2.45, 2.75) is 6.92 Å². The predicted molar refractivity (Wildman–Crippen MR) is 73.7 cm³/mol. The van der Waals surface area contributed by atoms with E-state index in [1.54, 1.807) is 31.4 Å². The van der Waals surface area contributed by atoms with Gasteiger partial charge in [-0.2, -0.15) is 0 Å². The van der Waals surface area contributed by atoms with E-state index >= 15 is 0 Å². The molecule has 0 spiro atoms. The van der Waals surface area contributed by atoms with Crippen LogP contribution in [0.4, 0.5) is 5.69 Å². The maximum absolute atomic E-state index is 5.96. The van der Waals surface area contributed by atoms with Crippen molar-refractivity contribution in [2.24, 2.45) is 0 Å². The van der Waals surface area contributed by atoms with E-state index in [-0.39, 0.29) is 0 Å². The summed E-state index contributed by atoms with van der Waals surface area (Å²) in [5, 5.41) is 0.709. The Morgan fingerprint density at radius 2 is 1.83 bits per heavy atom. The van der Waals surface area contributed by atoms with Crippen molar-refractivity contribution in [3.63, 3.8) is 0 Å². The molecule has 94 valence electrons. The summed E-state index contributed by atoms with van der Waals surface area (Å²) in [7, 11) is 1.57. The van der Waals surface area contributed by atoms with Crippen molar-refractivity contribution in [1.82, 2.24) is 0 Å². The van der Waals surface area contributed by atoms with E-state index in [9.17, 15) is 0 Å². The van der Waals surface area contributed by atoms with Gasteiger partial charge in [0, 0.05) is 5.02 Å². The third-order valence-corrected chi connectivity index (χ3v) is 3.03. The van der Waals surface area contributed by atoms with E-state index < -0.39 is 0 Å². The maximum Gasteiger partial charge on any atom is 0.154 e. The molecule has 0 atom stereocenters. The average Bonchev–Trinajstić information content (AvgIpc) is 2.36. The predicted octanol–water partition coefficient (Wildman–Crippen LogP) is 4.03. The van der Waals surface area contributed by atoms with Gasteiger partial charge in [0.1, 0.15) is 17.2 Å². The number of para-hydroxylation sites is 1. The highest BCUT2D eigenvalue weighted by Crippen LogP contribution is 2.35. The zero-order valence-electron chi connectivity index (χ0n) is 10.2. The fraction of sp³-hybridized carbons (Fsp3) is 0.143. The lowest BCUT2D eigenvalue weighted by Crippen LogP contribution is -1.96. The molecule has 0 fully saturated rings. The van der Waals surface area contributed by atoms with E-state index in [1.165, 1.54) is 0 Å². The van der Waals surface area contributed by atoms with Crippen LogP contribution >= 0.6 is 11.6 Å². The second-order valence-corrected chi connectivity index (χ2v) is 4.29. The fourth-order valence-corrected chi connectivity index (χ4v) is 1.72. The highest BCUT2D eigenvalue weighted by atomic mass is 35.5. The summed E-state index contributed by atoms with van der Waals surface area (Å²) >= 11 is 5.96. The van der Waals surface area contributed by atoms with Crippen LogP contribution in [0.2, 0.25) is 5.02 Å². The number of rotatable bonds is 3. The Morgan fingerprint density at radius 3 is 2.50 bits per heavy atom.